The van der Waals surface area contributed by atoms with Crippen LogP contribution in [0.3, 0.4) is 0 Å². The summed E-state index contributed by atoms with van der Waals surface area (Å²) in [5, 5.41) is 8.85. The van der Waals surface area contributed by atoms with Crippen molar-refractivity contribution in [3.8, 4) is 0 Å². The van der Waals surface area contributed by atoms with Crippen LogP contribution in [0.2, 0.25) is 0 Å². The van der Waals surface area contributed by atoms with Crippen molar-refractivity contribution in [2.45, 2.75) is 64.2 Å². The molecule has 0 fully saturated rings. The molecule has 0 radical (unpaired) electrons. The van der Waals surface area contributed by atoms with Gasteiger partial charge in [-0.1, -0.05) is 25.0 Å². The number of rotatable bonds is 2. The fourth-order valence-electron chi connectivity index (χ4n) is 2.31. The summed E-state index contributed by atoms with van der Waals surface area (Å²) in [6, 6.07) is 0. The van der Waals surface area contributed by atoms with E-state index < -0.39 is 0 Å². The van der Waals surface area contributed by atoms with Gasteiger partial charge < -0.3 is 0 Å². The molecule has 0 heterocycles. The minimum Gasteiger partial charge on any atom is -0.156 e. The summed E-state index contributed by atoms with van der Waals surface area (Å²) < 4.78 is 0. The van der Waals surface area contributed by atoms with Crippen molar-refractivity contribution in [3.05, 3.63) is 23.5 Å². The van der Waals surface area contributed by atoms with Gasteiger partial charge in [0, 0.05) is 0 Å². The molecular weight excluding hydrogens is 196 g/mol. The van der Waals surface area contributed by atoms with Crippen molar-refractivity contribution in [1.29, 1.82) is 0 Å². The number of hydrogen-bond acceptors (Lipinski definition) is 2. The Kier molecular flexibility index (Phi) is 4.78. The van der Waals surface area contributed by atoms with Crippen LogP contribution >= 0.6 is 0 Å². The van der Waals surface area contributed by atoms with Crippen LogP contribution in [0, 0.1) is 0 Å². The maximum Gasteiger partial charge on any atom is 0.0590 e. The molecule has 2 nitrogen and oxygen atoms in total. The second-order valence-electron chi connectivity index (χ2n) is 4.79. The van der Waals surface area contributed by atoms with E-state index in [1.165, 1.54) is 62.8 Å². The van der Waals surface area contributed by atoms with Gasteiger partial charge >= 0.3 is 0 Å². The van der Waals surface area contributed by atoms with Crippen LogP contribution in [0.25, 0.3) is 0 Å². The predicted octanol–water partition coefficient (Wildman–Crippen LogP) is 5.13. The molecule has 0 unspecified atom stereocenters. The molecule has 88 valence electrons. The largest absolute Gasteiger partial charge is 0.156 e. The van der Waals surface area contributed by atoms with Gasteiger partial charge in [0.05, 0.1) is 11.4 Å². The minimum atomic E-state index is 1.12. The molecule has 0 N–H and O–H groups in total. The smallest absolute Gasteiger partial charge is 0.0590 e. The summed E-state index contributed by atoms with van der Waals surface area (Å²) in [6.45, 7) is 0. The van der Waals surface area contributed by atoms with E-state index in [2.05, 4.69) is 22.4 Å². The van der Waals surface area contributed by atoms with Gasteiger partial charge in [0.2, 0.25) is 0 Å². The van der Waals surface area contributed by atoms with Gasteiger partial charge in [-0.3, -0.25) is 0 Å². The summed E-state index contributed by atoms with van der Waals surface area (Å²) in [7, 11) is 0. The van der Waals surface area contributed by atoms with E-state index >= 15 is 0 Å². The van der Waals surface area contributed by atoms with Crippen LogP contribution in [0.15, 0.2) is 33.8 Å². The van der Waals surface area contributed by atoms with Gasteiger partial charge in [-0.25, -0.2) is 0 Å². The van der Waals surface area contributed by atoms with Crippen molar-refractivity contribution in [1.82, 2.24) is 0 Å². The third-order valence-electron chi connectivity index (χ3n) is 3.34. The van der Waals surface area contributed by atoms with Crippen LogP contribution < -0.4 is 0 Å². The first kappa shape index (κ1) is 11.6. The Morgan fingerprint density at radius 1 is 0.625 bits per heavy atom. The van der Waals surface area contributed by atoms with Gasteiger partial charge in [0.15, 0.2) is 0 Å². The molecule has 2 aliphatic carbocycles. The molecular formula is C14H22N2. The normalized spacial score (nSPS) is 23.5. The molecule has 0 aromatic heterocycles. The first-order chi connectivity index (χ1) is 7.95. The van der Waals surface area contributed by atoms with E-state index in [9.17, 15) is 0 Å². The summed E-state index contributed by atoms with van der Waals surface area (Å²) in [5.74, 6) is 0. The van der Waals surface area contributed by atoms with Gasteiger partial charge in [-0.15, -0.1) is 0 Å². The maximum atomic E-state index is 4.43. The Labute approximate surface area is 98.5 Å². The molecule has 0 saturated carbocycles. The molecule has 2 rings (SSSR count). The number of allylic oxidation sites excluding steroid dienone is 4. The molecule has 0 aromatic carbocycles. The zero-order valence-electron chi connectivity index (χ0n) is 10.1. The van der Waals surface area contributed by atoms with Crippen molar-refractivity contribution < 1.29 is 0 Å². The second-order valence-corrected chi connectivity index (χ2v) is 4.79. The fraction of sp³-hybridized carbons (Fsp3) is 0.714. The van der Waals surface area contributed by atoms with Gasteiger partial charge in [-0.05, 0) is 51.4 Å². The van der Waals surface area contributed by atoms with Crippen LogP contribution in [0.4, 0.5) is 0 Å². The van der Waals surface area contributed by atoms with E-state index in [0.29, 0.717) is 0 Å². The molecule has 0 spiro atoms. The van der Waals surface area contributed by atoms with E-state index in [1.807, 2.05) is 0 Å². The molecule has 2 aliphatic rings. The van der Waals surface area contributed by atoms with Crippen molar-refractivity contribution in [2.75, 3.05) is 0 Å². The van der Waals surface area contributed by atoms with Crippen molar-refractivity contribution in [3.63, 3.8) is 0 Å². The van der Waals surface area contributed by atoms with E-state index in [-0.39, 0.29) is 0 Å². The van der Waals surface area contributed by atoms with Crippen LogP contribution in [-0.2, 0) is 0 Å². The number of hydrogen-bond donors (Lipinski definition) is 0. The van der Waals surface area contributed by atoms with E-state index in [4.69, 9.17) is 0 Å². The lowest BCUT2D eigenvalue weighted by atomic mass is 10.2. The standard InChI is InChI=1S/C14H22N2/c1-2-6-10-13(9-5-1)15-16-14-11-7-3-4-8-12-14/h9,11H,1-8,10,12H2. The quantitative estimate of drug-likeness (QED) is 0.574. The lowest BCUT2D eigenvalue weighted by Gasteiger charge is -1.98. The number of nitrogens with zero attached hydrogens (tertiary/aromatic N) is 2. The topological polar surface area (TPSA) is 24.7 Å². The highest BCUT2D eigenvalue weighted by atomic mass is 15.1. The Morgan fingerprint density at radius 3 is 1.62 bits per heavy atom. The third-order valence-corrected chi connectivity index (χ3v) is 3.34. The van der Waals surface area contributed by atoms with Crippen molar-refractivity contribution >= 4 is 0 Å². The minimum absolute atomic E-state index is 1.12. The lowest BCUT2D eigenvalue weighted by molar-refractivity contribution is 0.700. The first-order valence-electron chi connectivity index (χ1n) is 6.75. The highest BCUT2D eigenvalue weighted by Crippen LogP contribution is 2.22. The number of azo groups is 1. The third kappa shape index (κ3) is 3.92. The highest BCUT2D eigenvalue weighted by molar-refractivity contribution is 5.05. The summed E-state index contributed by atoms with van der Waals surface area (Å²) in [6.07, 6.45) is 17.1. The Balaban J connectivity index is 1.91. The Morgan fingerprint density at radius 2 is 1.12 bits per heavy atom. The Hall–Kier alpha value is -0.920. The molecule has 16 heavy (non-hydrogen) atoms. The molecule has 0 atom stereocenters. The first-order valence-corrected chi connectivity index (χ1v) is 6.75. The van der Waals surface area contributed by atoms with Crippen LogP contribution in [0.1, 0.15) is 64.2 Å². The highest BCUT2D eigenvalue weighted by Gasteiger charge is 2.03. The molecule has 0 amide bonds. The fourth-order valence-corrected chi connectivity index (χ4v) is 2.31. The monoisotopic (exact) mass is 218 g/mol. The van der Waals surface area contributed by atoms with E-state index in [0.717, 1.165) is 12.8 Å². The van der Waals surface area contributed by atoms with Gasteiger partial charge in [0.1, 0.15) is 0 Å². The molecule has 0 saturated heterocycles. The summed E-state index contributed by atoms with van der Waals surface area (Å²) in [5.41, 5.74) is 2.42. The van der Waals surface area contributed by atoms with Crippen LogP contribution in [0.5, 0.6) is 0 Å². The van der Waals surface area contributed by atoms with Crippen molar-refractivity contribution in [2.24, 2.45) is 10.2 Å². The summed E-state index contributed by atoms with van der Waals surface area (Å²) in [4.78, 5) is 0. The zero-order chi connectivity index (χ0) is 11.1. The Bertz CT molecular complexity index is 270. The zero-order valence-corrected chi connectivity index (χ0v) is 10.1. The average Bonchev–Trinajstić information content (AvgIpc) is 2.71. The SMILES string of the molecule is C1=C(N=NC2=CCCCCC2)CCCCC1. The second kappa shape index (κ2) is 6.62. The van der Waals surface area contributed by atoms with Crippen LogP contribution in [-0.4, -0.2) is 0 Å². The van der Waals surface area contributed by atoms with Gasteiger partial charge in [0.25, 0.3) is 0 Å². The maximum absolute atomic E-state index is 4.43. The lowest BCUT2D eigenvalue weighted by Crippen LogP contribution is -1.79. The molecule has 0 aliphatic heterocycles. The predicted molar refractivity (Wildman–Crippen MR) is 67.2 cm³/mol. The van der Waals surface area contributed by atoms with Gasteiger partial charge in [-0.2, -0.15) is 10.2 Å². The molecule has 0 bridgehead atoms. The average molecular weight is 218 g/mol. The molecule has 0 aromatic rings. The van der Waals surface area contributed by atoms with E-state index in [1.54, 1.807) is 0 Å². The molecule has 2 heteroatoms. The summed E-state index contributed by atoms with van der Waals surface area (Å²) >= 11 is 0.